The van der Waals surface area contributed by atoms with Gasteiger partial charge in [-0.25, -0.2) is 9.29 Å². The largest absolute Gasteiger partial charge is 0.497 e. The van der Waals surface area contributed by atoms with Crippen molar-refractivity contribution in [2.75, 3.05) is 17.3 Å². The van der Waals surface area contributed by atoms with E-state index in [1.54, 1.807) is 24.3 Å². The molecule has 3 aliphatic heterocycles. The average molecular weight is 511 g/mol. The molecule has 3 amide bonds. The lowest BCUT2D eigenvalue weighted by Crippen LogP contribution is -2.53. The number of aromatic amines is 1. The fourth-order valence-electron chi connectivity index (χ4n) is 6.49. The molecule has 3 N–H and O–H groups in total. The Morgan fingerprint density at radius 1 is 1.00 bits per heavy atom. The molecular formula is C29H23FN4O4. The highest BCUT2D eigenvalue weighted by Gasteiger charge is 2.70. The molecule has 2 fully saturated rings. The van der Waals surface area contributed by atoms with Crippen molar-refractivity contribution in [1.82, 2.24) is 10.3 Å². The number of methoxy groups -OCH3 is 1. The molecular weight excluding hydrogens is 487 g/mol. The molecule has 7 rings (SSSR count). The maximum Gasteiger partial charge on any atom is 0.250 e. The molecule has 2 unspecified atom stereocenters. The van der Waals surface area contributed by atoms with Gasteiger partial charge in [0.15, 0.2) is 0 Å². The minimum absolute atomic E-state index is 0.340. The van der Waals surface area contributed by atoms with Gasteiger partial charge >= 0.3 is 0 Å². The number of imide groups is 1. The lowest BCUT2D eigenvalue weighted by atomic mass is 9.76. The third kappa shape index (κ3) is 2.96. The third-order valence-corrected chi connectivity index (χ3v) is 8.10. The van der Waals surface area contributed by atoms with E-state index >= 15 is 0 Å². The van der Waals surface area contributed by atoms with E-state index in [1.807, 2.05) is 30.5 Å². The van der Waals surface area contributed by atoms with Crippen molar-refractivity contribution in [2.45, 2.75) is 18.0 Å². The van der Waals surface area contributed by atoms with E-state index in [0.717, 1.165) is 21.4 Å². The quantitative estimate of drug-likeness (QED) is 0.365. The van der Waals surface area contributed by atoms with Gasteiger partial charge in [-0.05, 0) is 48.4 Å². The van der Waals surface area contributed by atoms with Crippen molar-refractivity contribution < 1.29 is 23.5 Å². The van der Waals surface area contributed by atoms with Crippen LogP contribution in [0.1, 0.15) is 11.1 Å². The first-order valence-electron chi connectivity index (χ1n) is 12.4. The van der Waals surface area contributed by atoms with Crippen molar-refractivity contribution in [2.24, 2.45) is 11.8 Å². The van der Waals surface area contributed by atoms with Gasteiger partial charge in [0.05, 0.1) is 24.6 Å². The van der Waals surface area contributed by atoms with Crippen molar-refractivity contribution >= 4 is 40.0 Å². The second kappa shape index (κ2) is 8.00. The van der Waals surface area contributed by atoms with E-state index < -0.39 is 47.0 Å². The van der Waals surface area contributed by atoms with E-state index in [4.69, 9.17) is 4.74 Å². The molecule has 4 aromatic rings. The van der Waals surface area contributed by atoms with E-state index in [2.05, 4.69) is 15.6 Å². The Bertz CT molecular complexity index is 1670. The predicted octanol–water partition coefficient (Wildman–Crippen LogP) is 3.48. The second-order valence-corrected chi connectivity index (χ2v) is 9.98. The van der Waals surface area contributed by atoms with Crippen molar-refractivity contribution in [3.05, 3.63) is 89.9 Å². The van der Waals surface area contributed by atoms with Crippen LogP contribution in [0.3, 0.4) is 0 Å². The summed E-state index contributed by atoms with van der Waals surface area (Å²) in [5, 5.41) is 7.18. The van der Waals surface area contributed by atoms with Gasteiger partial charge in [0.2, 0.25) is 17.7 Å². The summed E-state index contributed by atoms with van der Waals surface area (Å²) in [5.41, 5.74) is 1.45. The highest BCUT2D eigenvalue weighted by atomic mass is 19.1. The van der Waals surface area contributed by atoms with Gasteiger partial charge in [-0.15, -0.1) is 0 Å². The predicted molar refractivity (Wildman–Crippen MR) is 138 cm³/mol. The number of rotatable bonds is 4. The van der Waals surface area contributed by atoms with E-state index in [-0.39, 0.29) is 0 Å². The number of anilines is 2. The number of nitrogens with one attached hydrogen (secondary N) is 3. The zero-order valence-corrected chi connectivity index (χ0v) is 20.3. The van der Waals surface area contributed by atoms with E-state index in [1.165, 1.54) is 25.3 Å². The summed E-state index contributed by atoms with van der Waals surface area (Å²) >= 11 is 0. The molecule has 190 valence electrons. The van der Waals surface area contributed by atoms with Crippen LogP contribution in [0.2, 0.25) is 0 Å². The summed E-state index contributed by atoms with van der Waals surface area (Å²) in [6.07, 6.45) is 2.27. The molecule has 2 saturated heterocycles. The number of halogens is 1. The number of amides is 3. The van der Waals surface area contributed by atoms with Crippen LogP contribution in [0.25, 0.3) is 10.9 Å². The van der Waals surface area contributed by atoms with Crippen molar-refractivity contribution in [3.63, 3.8) is 0 Å². The van der Waals surface area contributed by atoms with Crippen molar-refractivity contribution in [3.8, 4) is 5.75 Å². The number of carbonyl (C=O) groups is 3. The minimum Gasteiger partial charge on any atom is -0.497 e. The summed E-state index contributed by atoms with van der Waals surface area (Å²) in [6, 6.07) is 18.0. The van der Waals surface area contributed by atoms with Gasteiger partial charge in [0.1, 0.15) is 17.1 Å². The number of aromatic nitrogens is 1. The SMILES string of the molecule is COc1cccc(N2C(=O)[C@@H]3C(Cc4c[nH]c5ccccc45)NC4(C(=O)Nc5ccc(F)cc54)[C@@H]3C2=O)c1. The molecule has 3 aromatic carbocycles. The molecule has 4 atom stereocenters. The third-order valence-electron chi connectivity index (χ3n) is 8.10. The molecule has 0 saturated carbocycles. The summed E-state index contributed by atoms with van der Waals surface area (Å²) < 4.78 is 19.8. The Hall–Kier alpha value is -4.50. The molecule has 3 aliphatic rings. The smallest absolute Gasteiger partial charge is 0.250 e. The Balaban J connectivity index is 1.38. The van der Waals surface area contributed by atoms with Gasteiger partial charge in [0, 0.05) is 40.5 Å². The van der Waals surface area contributed by atoms with Crippen LogP contribution in [0, 0.1) is 17.7 Å². The number of hydrogen-bond acceptors (Lipinski definition) is 5. The Morgan fingerprint density at radius 2 is 1.84 bits per heavy atom. The monoisotopic (exact) mass is 510 g/mol. The maximum absolute atomic E-state index is 14.5. The van der Waals surface area contributed by atoms with Crippen LogP contribution in [0.15, 0.2) is 72.9 Å². The molecule has 38 heavy (non-hydrogen) atoms. The zero-order chi connectivity index (χ0) is 26.2. The molecule has 0 aliphatic carbocycles. The van der Waals surface area contributed by atoms with Crippen molar-refractivity contribution in [1.29, 1.82) is 0 Å². The lowest BCUT2D eigenvalue weighted by Gasteiger charge is -2.29. The van der Waals surface area contributed by atoms with Crippen LogP contribution in [-0.4, -0.2) is 35.9 Å². The number of H-pyrrole nitrogens is 1. The maximum atomic E-state index is 14.5. The number of hydrogen-bond donors (Lipinski definition) is 3. The van der Waals surface area contributed by atoms with Crippen LogP contribution in [0.5, 0.6) is 5.75 Å². The number of benzene rings is 3. The summed E-state index contributed by atoms with van der Waals surface area (Å²) in [7, 11) is 1.51. The summed E-state index contributed by atoms with van der Waals surface area (Å²) in [6.45, 7) is 0. The molecule has 0 radical (unpaired) electrons. The Morgan fingerprint density at radius 3 is 2.68 bits per heavy atom. The first-order valence-corrected chi connectivity index (χ1v) is 12.4. The molecule has 9 heteroatoms. The number of ether oxygens (including phenoxy) is 1. The summed E-state index contributed by atoms with van der Waals surface area (Å²) in [5.74, 6) is -3.31. The van der Waals surface area contributed by atoms with Gasteiger partial charge < -0.3 is 15.0 Å². The van der Waals surface area contributed by atoms with Crippen LogP contribution in [-0.2, 0) is 26.3 Å². The lowest BCUT2D eigenvalue weighted by molar-refractivity contribution is -0.130. The molecule has 0 bridgehead atoms. The van der Waals surface area contributed by atoms with E-state index in [9.17, 15) is 18.8 Å². The van der Waals surface area contributed by atoms with Gasteiger partial charge in [-0.2, -0.15) is 0 Å². The number of carbonyl (C=O) groups excluding carboxylic acids is 3. The molecule has 4 heterocycles. The van der Waals surface area contributed by atoms with Crippen LogP contribution < -0.4 is 20.3 Å². The molecule has 1 spiro atoms. The number of fused-ring (bicyclic) bond motifs is 5. The van der Waals surface area contributed by atoms with Gasteiger partial charge in [-0.1, -0.05) is 24.3 Å². The Labute approximate surface area is 216 Å². The van der Waals surface area contributed by atoms with Crippen LogP contribution in [0.4, 0.5) is 15.8 Å². The summed E-state index contributed by atoms with van der Waals surface area (Å²) in [4.78, 5) is 46.2. The van der Waals surface area contributed by atoms with Gasteiger partial charge in [-0.3, -0.25) is 19.7 Å². The number of para-hydroxylation sites is 1. The van der Waals surface area contributed by atoms with E-state index in [0.29, 0.717) is 29.1 Å². The van der Waals surface area contributed by atoms with Gasteiger partial charge in [0.25, 0.3) is 0 Å². The highest BCUT2D eigenvalue weighted by Crippen LogP contribution is 2.54. The fourth-order valence-corrected chi connectivity index (χ4v) is 6.49. The second-order valence-electron chi connectivity index (χ2n) is 9.98. The molecule has 1 aromatic heterocycles. The number of nitrogens with zero attached hydrogens (tertiary/aromatic N) is 1. The molecule has 8 nitrogen and oxygen atoms in total. The first-order chi connectivity index (χ1) is 18.4. The topological polar surface area (TPSA) is 104 Å². The fraction of sp³-hybridized carbons (Fsp3) is 0.207. The Kier molecular flexibility index (Phi) is 4.77. The average Bonchev–Trinajstić information content (AvgIpc) is 3.63. The zero-order valence-electron chi connectivity index (χ0n) is 20.3. The van der Waals surface area contributed by atoms with Crippen LogP contribution >= 0.6 is 0 Å². The highest BCUT2D eigenvalue weighted by molar-refractivity contribution is 6.25. The first kappa shape index (κ1) is 22.7. The minimum atomic E-state index is -1.58. The standard InChI is InChI=1S/C29H23FN4O4/c1-38-18-6-4-5-17(13-18)34-26(35)24-23(11-15-14-31-21-8-3-2-7-19(15)21)33-29(25(24)27(34)36)20-12-16(30)9-10-22(20)32-28(29)37/h2-10,12-14,23-25,31,33H,11H2,1H3,(H,32,37)/t23?,24-,25+,29?/m1/s1. The normalized spacial score (nSPS) is 25.8.